The molecule has 22 heavy (non-hydrogen) atoms. The molecule has 124 valence electrons. The molecule has 0 saturated carbocycles. The highest BCUT2D eigenvalue weighted by molar-refractivity contribution is 7.10. The van der Waals surface area contributed by atoms with E-state index in [2.05, 4.69) is 6.92 Å². The fourth-order valence-electron chi connectivity index (χ4n) is 3.24. The monoisotopic (exact) mass is 331 g/mol. The number of nitrogens with zero attached hydrogens (tertiary/aromatic N) is 1. The van der Waals surface area contributed by atoms with Crippen LogP contribution in [0.1, 0.15) is 46.5 Å². The number of ether oxygens (including phenoxy) is 1. The average Bonchev–Trinajstić information content (AvgIpc) is 2.87. The molecular formula is C16H23F2NO2S. The molecule has 0 aliphatic carbocycles. The molecule has 1 aromatic rings. The lowest BCUT2D eigenvalue weighted by Crippen LogP contribution is -2.38. The number of halogens is 2. The minimum Gasteiger partial charge on any atom is -0.465 e. The van der Waals surface area contributed by atoms with E-state index in [0.717, 1.165) is 31.5 Å². The Morgan fingerprint density at radius 1 is 1.45 bits per heavy atom. The first-order valence-electron chi connectivity index (χ1n) is 7.60. The van der Waals surface area contributed by atoms with Gasteiger partial charge < -0.3 is 4.74 Å². The van der Waals surface area contributed by atoms with Crippen molar-refractivity contribution in [3.63, 3.8) is 0 Å². The van der Waals surface area contributed by atoms with Crippen molar-refractivity contribution in [1.82, 2.24) is 4.90 Å². The number of esters is 1. The van der Waals surface area contributed by atoms with Crippen LogP contribution in [0.5, 0.6) is 0 Å². The van der Waals surface area contributed by atoms with Crippen LogP contribution >= 0.6 is 11.3 Å². The lowest BCUT2D eigenvalue weighted by Gasteiger charge is -2.34. The summed E-state index contributed by atoms with van der Waals surface area (Å²) >= 11 is 1.60. The Kier molecular flexibility index (Phi) is 5.92. The number of hydrogen-bond donors (Lipinski definition) is 0. The van der Waals surface area contributed by atoms with Crippen molar-refractivity contribution < 1.29 is 18.3 Å². The SMILES string of the molecule is COC(=O)c1csc([C@H](C)C2CCN(CC(F)F)CC2)c1C. The predicted molar refractivity (Wildman–Crippen MR) is 84.0 cm³/mol. The summed E-state index contributed by atoms with van der Waals surface area (Å²) in [7, 11) is 1.39. The Hall–Kier alpha value is -1.01. The minimum absolute atomic E-state index is 0.119. The topological polar surface area (TPSA) is 29.5 Å². The molecule has 2 rings (SSSR count). The van der Waals surface area contributed by atoms with Gasteiger partial charge in [-0.25, -0.2) is 13.6 Å². The van der Waals surface area contributed by atoms with E-state index in [1.165, 1.54) is 12.0 Å². The van der Waals surface area contributed by atoms with E-state index in [4.69, 9.17) is 4.74 Å². The van der Waals surface area contributed by atoms with E-state index in [1.807, 2.05) is 17.2 Å². The van der Waals surface area contributed by atoms with Gasteiger partial charge in [0.15, 0.2) is 0 Å². The molecule has 3 nitrogen and oxygen atoms in total. The lowest BCUT2D eigenvalue weighted by molar-refractivity contribution is 0.0600. The standard InChI is InChI=1S/C16H23F2NO2S/c1-10(12-4-6-19(7-5-12)8-14(17)18)15-11(2)13(9-22-15)16(20)21-3/h9-10,12,14H,4-8H2,1-3H3/t10-/m1/s1. The van der Waals surface area contributed by atoms with Gasteiger partial charge in [0.05, 0.1) is 19.2 Å². The number of thiophene rings is 1. The lowest BCUT2D eigenvalue weighted by atomic mass is 9.83. The van der Waals surface area contributed by atoms with Crippen molar-refractivity contribution in [3.05, 3.63) is 21.4 Å². The maximum absolute atomic E-state index is 12.4. The van der Waals surface area contributed by atoms with Crippen LogP contribution in [0.3, 0.4) is 0 Å². The summed E-state index contributed by atoms with van der Waals surface area (Å²) < 4.78 is 29.6. The molecule has 0 N–H and O–H groups in total. The molecule has 6 heteroatoms. The Morgan fingerprint density at radius 2 is 2.09 bits per heavy atom. The van der Waals surface area contributed by atoms with Crippen LogP contribution in [0.2, 0.25) is 0 Å². The van der Waals surface area contributed by atoms with Gasteiger partial charge in [-0.2, -0.15) is 0 Å². The van der Waals surface area contributed by atoms with Crippen LogP contribution in [-0.4, -0.2) is 44.0 Å². The first-order chi connectivity index (χ1) is 10.4. The molecule has 1 aliphatic heterocycles. The molecule has 1 atom stereocenters. The Morgan fingerprint density at radius 3 is 2.64 bits per heavy atom. The number of carbonyl (C=O) groups excluding carboxylic acids is 1. The average molecular weight is 331 g/mol. The smallest absolute Gasteiger partial charge is 0.338 e. The van der Waals surface area contributed by atoms with Crippen LogP contribution in [0, 0.1) is 12.8 Å². The second-order valence-electron chi connectivity index (χ2n) is 5.95. The van der Waals surface area contributed by atoms with E-state index >= 15 is 0 Å². The third-order valence-corrected chi connectivity index (χ3v) is 5.92. The highest BCUT2D eigenvalue weighted by atomic mass is 32.1. The number of rotatable bonds is 5. The van der Waals surface area contributed by atoms with Crippen molar-refractivity contribution in [1.29, 1.82) is 0 Å². The molecule has 0 radical (unpaired) electrons. The van der Waals surface area contributed by atoms with Crippen LogP contribution in [0.15, 0.2) is 5.38 Å². The number of methoxy groups -OCH3 is 1. The summed E-state index contributed by atoms with van der Waals surface area (Å²) in [5, 5.41) is 1.86. The fraction of sp³-hybridized carbons (Fsp3) is 0.688. The van der Waals surface area contributed by atoms with E-state index in [-0.39, 0.29) is 12.5 Å². The van der Waals surface area contributed by atoms with Gasteiger partial charge in [0.2, 0.25) is 0 Å². The van der Waals surface area contributed by atoms with E-state index in [1.54, 1.807) is 11.3 Å². The quantitative estimate of drug-likeness (QED) is 0.766. The van der Waals surface area contributed by atoms with Gasteiger partial charge >= 0.3 is 5.97 Å². The van der Waals surface area contributed by atoms with Crippen LogP contribution < -0.4 is 0 Å². The molecule has 1 aromatic heterocycles. The highest BCUT2D eigenvalue weighted by Gasteiger charge is 2.28. The summed E-state index contributed by atoms with van der Waals surface area (Å²) in [5.74, 6) is 0.535. The van der Waals surface area contributed by atoms with Gasteiger partial charge in [-0.05, 0) is 50.3 Å². The molecule has 1 fully saturated rings. The van der Waals surface area contributed by atoms with Gasteiger partial charge in [-0.3, -0.25) is 4.90 Å². The fourth-order valence-corrected chi connectivity index (χ4v) is 4.45. The third-order valence-electron chi connectivity index (χ3n) is 4.63. The van der Waals surface area contributed by atoms with Gasteiger partial charge in [-0.1, -0.05) is 6.92 Å². The van der Waals surface area contributed by atoms with E-state index in [9.17, 15) is 13.6 Å². The molecule has 2 heterocycles. The first kappa shape index (κ1) is 17.3. The Labute approximate surface area is 134 Å². The summed E-state index contributed by atoms with van der Waals surface area (Å²) in [4.78, 5) is 14.8. The zero-order valence-corrected chi connectivity index (χ0v) is 14.1. The second kappa shape index (κ2) is 7.51. The van der Waals surface area contributed by atoms with Crippen molar-refractivity contribution in [2.45, 2.75) is 39.0 Å². The van der Waals surface area contributed by atoms with Crippen molar-refractivity contribution >= 4 is 17.3 Å². The van der Waals surface area contributed by atoms with Gasteiger partial charge in [0.25, 0.3) is 6.43 Å². The Balaban J connectivity index is 2.00. The molecule has 0 unspecified atom stereocenters. The van der Waals surface area contributed by atoms with Gasteiger partial charge in [0, 0.05) is 10.3 Å². The van der Waals surface area contributed by atoms with Crippen LogP contribution in [0.4, 0.5) is 8.78 Å². The predicted octanol–water partition coefficient (Wildman–Crippen LogP) is 3.92. The molecule has 0 spiro atoms. The first-order valence-corrected chi connectivity index (χ1v) is 8.48. The molecule has 0 amide bonds. The van der Waals surface area contributed by atoms with Crippen LogP contribution in [0.25, 0.3) is 0 Å². The molecule has 0 aromatic carbocycles. The summed E-state index contributed by atoms with van der Waals surface area (Å²) in [6.45, 7) is 5.47. The van der Waals surface area contributed by atoms with Gasteiger partial charge in [0.1, 0.15) is 0 Å². The second-order valence-corrected chi connectivity index (χ2v) is 6.86. The zero-order valence-electron chi connectivity index (χ0n) is 13.3. The van der Waals surface area contributed by atoms with Crippen molar-refractivity contribution in [2.75, 3.05) is 26.7 Å². The highest BCUT2D eigenvalue weighted by Crippen LogP contribution is 2.38. The zero-order chi connectivity index (χ0) is 16.3. The van der Waals surface area contributed by atoms with E-state index < -0.39 is 6.43 Å². The van der Waals surface area contributed by atoms with Crippen molar-refractivity contribution in [2.24, 2.45) is 5.92 Å². The number of piperidine rings is 1. The number of carbonyl (C=O) groups is 1. The number of likely N-dealkylation sites (tertiary alicyclic amines) is 1. The third kappa shape index (κ3) is 3.84. The largest absolute Gasteiger partial charge is 0.465 e. The summed E-state index contributed by atoms with van der Waals surface area (Å²) in [6.07, 6.45) is -0.395. The molecule has 1 saturated heterocycles. The number of alkyl halides is 2. The van der Waals surface area contributed by atoms with E-state index in [0.29, 0.717) is 17.4 Å². The minimum atomic E-state index is -2.25. The molecule has 1 aliphatic rings. The maximum Gasteiger partial charge on any atom is 0.338 e. The molecule has 0 bridgehead atoms. The van der Waals surface area contributed by atoms with Crippen molar-refractivity contribution in [3.8, 4) is 0 Å². The number of hydrogen-bond acceptors (Lipinski definition) is 4. The summed E-state index contributed by atoms with van der Waals surface area (Å²) in [5.41, 5.74) is 1.64. The molecular weight excluding hydrogens is 308 g/mol. The maximum atomic E-state index is 12.4. The van der Waals surface area contributed by atoms with Gasteiger partial charge in [-0.15, -0.1) is 11.3 Å². The normalized spacial score (nSPS) is 18.6. The summed E-state index contributed by atoms with van der Waals surface area (Å²) in [6, 6.07) is 0. The van der Waals surface area contributed by atoms with Crippen LogP contribution in [-0.2, 0) is 4.74 Å². The Bertz CT molecular complexity index is 510.